The number of hydrogen-bond acceptors (Lipinski definition) is 5. The lowest BCUT2D eigenvalue weighted by atomic mass is 9.76. The molecule has 2 aromatic rings. The van der Waals surface area contributed by atoms with E-state index in [1.807, 2.05) is 90.1 Å². The fraction of sp³-hybridized carbons (Fsp3) is 0.562. The zero-order valence-electron chi connectivity index (χ0n) is 23.7. The highest BCUT2D eigenvalue weighted by Crippen LogP contribution is 2.34. The van der Waals surface area contributed by atoms with Gasteiger partial charge in [0, 0.05) is 13.2 Å². The Morgan fingerprint density at radius 1 is 0.649 bits per heavy atom. The third-order valence-electron chi connectivity index (χ3n) is 7.36. The lowest BCUT2D eigenvalue weighted by molar-refractivity contribution is -0.150. The first-order valence-corrected chi connectivity index (χ1v) is 13.7. The molecule has 0 saturated heterocycles. The highest BCUT2D eigenvalue weighted by molar-refractivity contribution is 5.83. The summed E-state index contributed by atoms with van der Waals surface area (Å²) in [5.41, 5.74) is 2.97. The highest BCUT2D eigenvalue weighted by Gasteiger charge is 2.38. The van der Waals surface area contributed by atoms with Crippen molar-refractivity contribution < 1.29 is 23.8 Å². The SMILES string of the molecule is CCOC(=O)C(C)(CCCCOCCCCC(C)(C(=O)OCC)c1ccccc1C)c1ccccc1C. The normalized spacial score (nSPS) is 14.4. The second kappa shape index (κ2) is 14.9. The molecule has 0 radical (unpaired) electrons. The molecule has 0 aliphatic heterocycles. The molecule has 0 fully saturated rings. The van der Waals surface area contributed by atoms with Crippen LogP contribution in [0, 0.1) is 13.8 Å². The van der Waals surface area contributed by atoms with E-state index < -0.39 is 10.8 Å². The number of aryl methyl sites for hydroxylation is 2. The van der Waals surface area contributed by atoms with Gasteiger partial charge in [0.1, 0.15) is 0 Å². The van der Waals surface area contributed by atoms with Gasteiger partial charge in [0.05, 0.1) is 24.0 Å². The van der Waals surface area contributed by atoms with E-state index in [9.17, 15) is 9.59 Å². The molecule has 2 atom stereocenters. The first-order valence-electron chi connectivity index (χ1n) is 13.7. The van der Waals surface area contributed by atoms with Crippen LogP contribution in [0.2, 0.25) is 0 Å². The van der Waals surface area contributed by atoms with Gasteiger partial charge in [-0.05, 0) is 102 Å². The van der Waals surface area contributed by atoms with Gasteiger partial charge in [-0.3, -0.25) is 9.59 Å². The molecule has 5 heteroatoms. The van der Waals surface area contributed by atoms with E-state index in [0.717, 1.165) is 47.9 Å². The van der Waals surface area contributed by atoms with E-state index >= 15 is 0 Å². The van der Waals surface area contributed by atoms with E-state index in [2.05, 4.69) is 0 Å². The molecular formula is C32H46O5. The minimum atomic E-state index is -0.658. The molecule has 0 aromatic heterocycles. The Hall–Kier alpha value is -2.66. The maximum Gasteiger partial charge on any atom is 0.316 e. The number of carbonyl (C=O) groups excluding carboxylic acids is 2. The Balaban J connectivity index is 1.81. The molecular weight excluding hydrogens is 464 g/mol. The van der Waals surface area contributed by atoms with Gasteiger partial charge in [0.15, 0.2) is 0 Å². The molecule has 0 N–H and O–H groups in total. The largest absolute Gasteiger partial charge is 0.465 e. The number of unbranched alkanes of at least 4 members (excludes halogenated alkanes) is 2. The summed E-state index contributed by atoms with van der Waals surface area (Å²) in [6, 6.07) is 16.1. The highest BCUT2D eigenvalue weighted by atomic mass is 16.5. The number of esters is 2. The minimum absolute atomic E-state index is 0.163. The van der Waals surface area contributed by atoms with E-state index in [1.54, 1.807) is 0 Å². The molecule has 37 heavy (non-hydrogen) atoms. The number of ether oxygens (including phenoxy) is 3. The van der Waals surface area contributed by atoms with Crippen LogP contribution in [0.4, 0.5) is 0 Å². The molecule has 2 unspecified atom stereocenters. The van der Waals surface area contributed by atoms with Gasteiger partial charge in [-0.25, -0.2) is 0 Å². The monoisotopic (exact) mass is 510 g/mol. The molecule has 0 amide bonds. The van der Waals surface area contributed by atoms with Crippen molar-refractivity contribution >= 4 is 11.9 Å². The third kappa shape index (κ3) is 8.16. The number of benzene rings is 2. The van der Waals surface area contributed by atoms with Crippen molar-refractivity contribution in [2.24, 2.45) is 0 Å². The molecule has 0 heterocycles. The Kier molecular flexibility index (Phi) is 12.3. The fourth-order valence-electron chi connectivity index (χ4n) is 5.13. The van der Waals surface area contributed by atoms with Crippen LogP contribution in [0.15, 0.2) is 48.5 Å². The van der Waals surface area contributed by atoms with Crippen LogP contribution >= 0.6 is 0 Å². The van der Waals surface area contributed by atoms with Crippen LogP contribution in [-0.2, 0) is 34.6 Å². The number of rotatable bonds is 16. The molecule has 2 aromatic carbocycles. The molecule has 0 spiro atoms. The van der Waals surface area contributed by atoms with Gasteiger partial charge in [-0.2, -0.15) is 0 Å². The van der Waals surface area contributed by atoms with Crippen molar-refractivity contribution in [3.8, 4) is 0 Å². The van der Waals surface area contributed by atoms with Crippen molar-refractivity contribution in [2.45, 2.75) is 90.9 Å². The molecule has 5 nitrogen and oxygen atoms in total. The second-order valence-electron chi connectivity index (χ2n) is 10.3. The van der Waals surface area contributed by atoms with Crippen LogP contribution in [-0.4, -0.2) is 38.4 Å². The van der Waals surface area contributed by atoms with Crippen molar-refractivity contribution in [2.75, 3.05) is 26.4 Å². The van der Waals surface area contributed by atoms with Gasteiger partial charge in [-0.1, -0.05) is 48.5 Å². The Morgan fingerprint density at radius 3 is 1.38 bits per heavy atom. The van der Waals surface area contributed by atoms with Crippen LogP contribution in [0.5, 0.6) is 0 Å². The lowest BCUT2D eigenvalue weighted by Gasteiger charge is -2.29. The van der Waals surface area contributed by atoms with E-state index in [-0.39, 0.29) is 11.9 Å². The summed E-state index contributed by atoms with van der Waals surface area (Å²) in [7, 11) is 0. The molecule has 0 bridgehead atoms. The van der Waals surface area contributed by atoms with E-state index in [0.29, 0.717) is 39.3 Å². The standard InChI is InChI=1S/C32H46O5/c1-7-36-29(33)31(5,27-19-11-9-17-25(27)3)21-13-15-23-35-24-16-14-22-32(6,30(34)37-8-2)28-20-12-10-18-26(28)4/h9-12,17-20H,7-8,13-16,21-24H2,1-6H3. The lowest BCUT2D eigenvalue weighted by Crippen LogP contribution is -2.35. The quantitative estimate of drug-likeness (QED) is 0.180. The zero-order chi connectivity index (χ0) is 27.3. The zero-order valence-corrected chi connectivity index (χ0v) is 23.7. The Morgan fingerprint density at radius 2 is 1.03 bits per heavy atom. The van der Waals surface area contributed by atoms with Crippen molar-refractivity contribution in [1.82, 2.24) is 0 Å². The van der Waals surface area contributed by atoms with Crippen molar-refractivity contribution in [3.63, 3.8) is 0 Å². The summed E-state index contributed by atoms with van der Waals surface area (Å²) in [6.07, 6.45) is 4.94. The van der Waals surface area contributed by atoms with Gasteiger partial charge in [-0.15, -0.1) is 0 Å². The van der Waals surface area contributed by atoms with Crippen LogP contribution in [0.3, 0.4) is 0 Å². The Labute approximate surface area is 223 Å². The number of hydrogen-bond donors (Lipinski definition) is 0. The second-order valence-corrected chi connectivity index (χ2v) is 10.3. The minimum Gasteiger partial charge on any atom is -0.465 e. The van der Waals surface area contributed by atoms with E-state index in [4.69, 9.17) is 14.2 Å². The van der Waals surface area contributed by atoms with Crippen LogP contribution in [0.25, 0.3) is 0 Å². The molecule has 204 valence electrons. The average Bonchev–Trinajstić information content (AvgIpc) is 2.88. The smallest absolute Gasteiger partial charge is 0.316 e. The Bertz CT molecular complexity index is 921. The summed E-state index contributed by atoms with van der Waals surface area (Å²) in [5, 5.41) is 0. The summed E-state index contributed by atoms with van der Waals surface area (Å²) >= 11 is 0. The van der Waals surface area contributed by atoms with E-state index in [1.165, 1.54) is 0 Å². The first kappa shape index (κ1) is 30.6. The van der Waals surface area contributed by atoms with Gasteiger partial charge >= 0.3 is 11.9 Å². The topological polar surface area (TPSA) is 61.8 Å². The van der Waals surface area contributed by atoms with Gasteiger partial charge in [0.2, 0.25) is 0 Å². The molecule has 0 aliphatic carbocycles. The molecule has 2 rings (SSSR count). The summed E-state index contributed by atoms with van der Waals surface area (Å²) in [4.78, 5) is 25.7. The fourth-order valence-corrected chi connectivity index (χ4v) is 5.13. The average molecular weight is 511 g/mol. The van der Waals surface area contributed by atoms with Crippen LogP contribution in [0.1, 0.15) is 88.5 Å². The maximum absolute atomic E-state index is 12.9. The predicted octanol–water partition coefficient (Wildman–Crippen LogP) is 7.00. The van der Waals surface area contributed by atoms with Crippen LogP contribution < -0.4 is 0 Å². The summed E-state index contributed by atoms with van der Waals surface area (Å²) < 4.78 is 16.8. The maximum atomic E-state index is 12.9. The van der Waals surface area contributed by atoms with Crippen molar-refractivity contribution in [3.05, 3.63) is 70.8 Å². The van der Waals surface area contributed by atoms with Gasteiger partial charge < -0.3 is 14.2 Å². The summed E-state index contributed by atoms with van der Waals surface area (Å²) in [5.74, 6) is -0.327. The van der Waals surface area contributed by atoms with Gasteiger partial charge in [0.25, 0.3) is 0 Å². The predicted molar refractivity (Wildman–Crippen MR) is 149 cm³/mol. The number of carbonyl (C=O) groups is 2. The summed E-state index contributed by atoms with van der Waals surface area (Å²) in [6.45, 7) is 13.8. The van der Waals surface area contributed by atoms with Crippen molar-refractivity contribution in [1.29, 1.82) is 0 Å². The molecule has 0 aliphatic rings. The molecule has 0 saturated carbocycles. The third-order valence-corrected chi connectivity index (χ3v) is 7.36. The first-order chi connectivity index (χ1) is 17.7.